The summed E-state index contributed by atoms with van der Waals surface area (Å²) in [6.07, 6.45) is -0.437. The highest BCUT2D eigenvalue weighted by molar-refractivity contribution is 9.10. The normalized spacial score (nSPS) is 20.6. The molecule has 1 aromatic carbocycles. The standard InChI is InChI=1S/C11H11BrClNO2/c1-6-2-8(12)11(9(13)3-6)14-5-7(15)4-10(14)16/h2-3,7,15H,4-5H2,1H3. The smallest absolute Gasteiger partial charge is 0.229 e. The van der Waals surface area contributed by atoms with Gasteiger partial charge in [-0.1, -0.05) is 11.6 Å². The predicted molar refractivity (Wildman–Crippen MR) is 66.9 cm³/mol. The number of halogens is 2. The van der Waals surface area contributed by atoms with Gasteiger partial charge in [0.15, 0.2) is 0 Å². The Morgan fingerprint density at radius 2 is 2.25 bits per heavy atom. The van der Waals surface area contributed by atoms with E-state index in [-0.39, 0.29) is 12.3 Å². The third kappa shape index (κ3) is 2.10. The summed E-state index contributed by atoms with van der Waals surface area (Å²) < 4.78 is 0.778. The van der Waals surface area contributed by atoms with Crippen LogP contribution in [0.25, 0.3) is 0 Å². The summed E-state index contributed by atoms with van der Waals surface area (Å²) in [4.78, 5) is 13.2. The Hall–Kier alpha value is -0.580. The van der Waals surface area contributed by atoms with Crippen LogP contribution in [0.15, 0.2) is 16.6 Å². The average molecular weight is 305 g/mol. The zero-order chi connectivity index (χ0) is 11.9. The van der Waals surface area contributed by atoms with E-state index in [1.807, 2.05) is 13.0 Å². The van der Waals surface area contributed by atoms with E-state index in [1.54, 1.807) is 6.07 Å². The van der Waals surface area contributed by atoms with Gasteiger partial charge in [-0.3, -0.25) is 4.79 Å². The lowest BCUT2D eigenvalue weighted by Gasteiger charge is -2.19. The monoisotopic (exact) mass is 303 g/mol. The molecule has 1 aromatic rings. The van der Waals surface area contributed by atoms with E-state index in [4.69, 9.17) is 11.6 Å². The number of β-amino-alcohol motifs (C(OH)–C–C–N with tert-alkyl or cyclic N) is 1. The second-order valence-electron chi connectivity index (χ2n) is 3.94. The van der Waals surface area contributed by atoms with Crippen LogP contribution in [0.3, 0.4) is 0 Å². The third-order valence-electron chi connectivity index (χ3n) is 2.54. The first-order valence-corrected chi connectivity index (χ1v) is 6.10. The van der Waals surface area contributed by atoms with Crippen molar-refractivity contribution < 1.29 is 9.90 Å². The summed E-state index contributed by atoms with van der Waals surface area (Å²) in [6, 6.07) is 3.71. The molecule has 1 fully saturated rings. The van der Waals surface area contributed by atoms with E-state index in [0.29, 0.717) is 17.3 Å². The number of nitrogens with zero attached hydrogens (tertiary/aromatic N) is 1. The largest absolute Gasteiger partial charge is 0.391 e. The lowest BCUT2D eigenvalue weighted by molar-refractivity contribution is -0.117. The maximum absolute atomic E-state index is 11.7. The van der Waals surface area contributed by atoms with Crippen LogP contribution in [-0.2, 0) is 4.79 Å². The van der Waals surface area contributed by atoms with Gasteiger partial charge in [-0.2, -0.15) is 0 Å². The summed E-state index contributed by atoms with van der Waals surface area (Å²) in [7, 11) is 0. The topological polar surface area (TPSA) is 40.5 Å². The van der Waals surface area contributed by atoms with Crippen LogP contribution in [0, 0.1) is 6.92 Å². The first-order valence-electron chi connectivity index (χ1n) is 4.93. The van der Waals surface area contributed by atoms with Crippen molar-refractivity contribution in [3.05, 3.63) is 27.2 Å². The molecule has 2 rings (SSSR count). The fraction of sp³-hybridized carbons (Fsp3) is 0.364. The number of hydrogen-bond acceptors (Lipinski definition) is 2. The molecule has 5 heteroatoms. The Bertz CT molecular complexity index is 427. The van der Waals surface area contributed by atoms with Crippen molar-refractivity contribution in [3.63, 3.8) is 0 Å². The van der Waals surface area contributed by atoms with Crippen LogP contribution in [0.4, 0.5) is 5.69 Å². The van der Waals surface area contributed by atoms with Gasteiger partial charge in [-0.05, 0) is 40.5 Å². The molecular formula is C11H11BrClNO2. The van der Waals surface area contributed by atoms with Gasteiger partial charge >= 0.3 is 0 Å². The fourth-order valence-electron chi connectivity index (χ4n) is 1.85. The van der Waals surface area contributed by atoms with Crippen LogP contribution in [-0.4, -0.2) is 23.7 Å². The number of rotatable bonds is 1. The molecule has 0 spiro atoms. The highest BCUT2D eigenvalue weighted by atomic mass is 79.9. The number of benzene rings is 1. The van der Waals surface area contributed by atoms with Gasteiger partial charge in [0.25, 0.3) is 0 Å². The molecule has 1 unspecified atom stereocenters. The summed E-state index contributed by atoms with van der Waals surface area (Å²) >= 11 is 9.52. The fourth-order valence-corrected chi connectivity index (χ4v) is 3.13. The van der Waals surface area contributed by atoms with Gasteiger partial charge in [0.05, 0.1) is 29.8 Å². The molecule has 1 aliphatic rings. The molecule has 0 saturated carbocycles. The lowest BCUT2D eigenvalue weighted by atomic mass is 10.2. The molecule has 1 atom stereocenters. The summed E-state index contributed by atoms with van der Waals surface area (Å²) in [6.45, 7) is 2.24. The Morgan fingerprint density at radius 3 is 2.75 bits per heavy atom. The molecule has 16 heavy (non-hydrogen) atoms. The molecule has 0 aromatic heterocycles. The Kier molecular flexibility index (Phi) is 3.24. The van der Waals surface area contributed by atoms with Crippen LogP contribution in [0.1, 0.15) is 12.0 Å². The van der Waals surface area contributed by atoms with Gasteiger partial charge < -0.3 is 10.0 Å². The van der Waals surface area contributed by atoms with Crippen molar-refractivity contribution in [2.24, 2.45) is 0 Å². The Balaban J connectivity index is 2.44. The van der Waals surface area contributed by atoms with Gasteiger partial charge in [0.2, 0.25) is 5.91 Å². The maximum Gasteiger partial charge on any atom is 0.229 e. The summed E-state index contributed by atoms with van der Waals surface area (Å²) in [5.74, 6) is -0.0982. The first-order chi connectivity index (χ1) is 7.49. The molecule has 1 saturated heterocycles. The zero-order valence-electron chi connectivity index (χ0n) is 8.70. The van der Waals surface area contributed by atoms with E-state index in [1.165, 1.54) is 4.90 Å². The molecule has 1 N–H and O–H groups in total. The van der Waals surface area contributed by atoms with Crippen molar-refractivity contribution in [1.82, 2.24) is 0 Å². The lowest BCUT2D eigenvalue weighted by Crippen LogP contribution is -2.26. The minimum absolute atomic E-state index is 0.0982. The number of aliphatic hydroxyl groups is 1. The minimum Gasteiger partial charge on any atom is -0.391 e. The van der Waals surface area contributed by atoms with Gasteiger partial charge in [-0.25, -0.2) is 0 Å². The van der Waals surface area contributed by atoms with Crippen molar-refractivity contribution in [2.75, 3.05) is 11.4 Å². The molecule has 0 radical (unpaired) electrons. The molecule has 0 aliphatic carbocycles. The molecule has 1 amide bonds. The summed E-state index contributed by atoms with van der Waals surface area (Å²) in [5.41, 5.74) is 1.67. The average Bonchev–Trinajstić information content (AvgIpc) is 2.43. The molecular weight excluding hydrogens is 293 g/mol. The molecule has 86 valence electrons. The Labute approximate surface area is 107 Å². The van der Waals surface area contributed by atoms with E-state index < -0.39 is 6.10 Å². The third-order valence-corrected chi connectivity index (χ3v) is 3.43. The molecule has 1 heterocycles. The van der Waals surface area contributed by atoms with Gasteiger partial charge in [0.1, 0.15) is 0 Å². The van der Waals surface area contributed by atoms with Crippen molar-refractivity contribution >= 4 is 39.1 Å². The van der Waals surface area contributed by atoms with E-state index >= 15 is 0 Å². The number of aliphatic hydroxyl groups excluding tert-OH is 1. The minimum atomic E-state index is -0.600. The molecule has 1 aliphatic heterocycles. The number of carbonyl (C=O) groups excluding carboxylic acids is 1. The number of anilines is 1. The van der Waals surface area contributed by atoms with E-state index in [2.05, 4.69) is 15.9 Å². The van der Waals surface area contributed by atoms with E-state index in [0.717, 1.165) is 10.0 Å². The van der Waals surface area contributed by atoms with Gasteiger partial charge in [0, 0.05) is 4.47 Å². The zero-order valence-corrected chi connectivity index (χ0v) is 11.0. The van der Waals surface area contributed by atoms with Crippen LogP contribution < -0.4 is 4.90 Å². The number of amides is 1. The van der Waals surface area contributed by atoms with Crippen LogP contribution >= 0.6 is 27.5 Å². The van der Waals surface area contributed by atoms with Crippen LogP contribution in [0.5, 0.6) is 0 Å². The van der Waals surface area contributed by atoms with Crippen LogP contribution in [0.2, 0.25) is 5.02 Å². The van der Waals surface area contributed by atoms with Crippen molar-refractivity contribution in [2.45, 2.75) is 19.4 Å². The second kappa shape index (κ2) is 4.35. The Morgan fingerprint density at radius 1 is 1.56 bits per heavy atom. The quantitative estimate of drug-likeness (QED) is 0.866. The predicted octanol–water partition coefficient (Wildman–Crippen LogP) is 2.51. The highest BCUT2D eigenvalue weighted by Crippen LogP contribution is 2.37. The first kappa shape index (κ1) is 11.9. The maximum atomic E-state index is 11.7. The second-order valence-corrected chi connectivity index (χ2v) is 5.20. The molecule has 3 nitrogen and oxygen atoms in total. The number of aryl methyl sites for hydroxylation is 1. The van der Waals surface area contributed by atoms with Gasteiger partial charge in [-0.15, -0.1) is 0 Å². The van der Waals surface area contributed by atoms with Crippen molar-refractivity contribution in [1.29, 1.82) is 0 Å². The SMILES string of the molecule is Cc1cc(Cl)c(N2CC(O)CC2=O)c(Br)c1. The summed E-state index contributed by atoms with van der Waals surface area (Å²) in [5, 5.41) is 9.97. The number of carbonyl (C=O) groups is 1. The van der Waals surface area contributed by atoms with E-state index in [9.17, 15) is 9.90 Å². The van der Waals surface area contributed by atoms with Crippen molar-refractivity contribution in [3.8, 4) is 0 Å². The number of hydrogen-bond donors (Lipinski definition) is 1. The highest BCUT2D eigenvalue weighted by Gasteiger charge is 2.31. The molecule has 0 bridgehead atoms.